The largest absolute Gasteiger partial charge is 0.494 e. The van der Waals surface area contributed by atoms with Crippen molar-refractivity contribution in [3.8, 4) is 5.75 Å². The van der Waals surface area contributed by atoms with Crippen LogP contribution in [0.4, 0.5) is 0 Å². The molecule has 0 bridgehead atoms. The van der Waals surface area contributed by atoms with Gasteiger partial charge in [-0.25, -0.2) is 0 Å². The maximum absolute atomic E-state index is 11.9. The molecule has 2 aromatic carbocycles. The van der Waals surface area contributed by atoms with Crippen LogP contribution in [0.3, 0.4) is 0 Å². The summed E-state index contributed by atoms with van der Waals surface area (Å²) < 4.78 is 5.71. The quantitative estimate of drug-likeness (QED) is 0.551. The van der Waals surface area contributed by atoms with E-state index in [4.69, 9.17) is 17.0 Å². The van der Waals surface area contributed by atoms with E-state index in [2.05, 4.69) is 43.5 Å². The molecule has 144 valence electrons. The maximum atomic E-state index is 11.9. The van der Waals surface area contributed by atoms with Crippen LogP contribution in [0.5, 0.6) is 5.75 Å². The average Bonchev–Trinajstić information content (AvgIpc) is 2.64. The van der Waals surface area contributed by atoms with E-state index in [-0.39, 0.29) is 11.3 Å². The molecule has 0 aliphatic rings. The van der Waals surface area contributed by atoms with Crippen molar-refractivity contribution in [1.29, 1.82) is 0 Å². The molecule has 2 aromatic rings. The van der Waals surface area contributed by atoms with Crippen LogP contribution < -0.4 is 15.4 Å². The molecule has 0 aromatic heterocycles. The van der Waals surface area contributed by atoms with E-state index in [1.165, 1.54) is 5.56 Å². The Labute approximate surface area is 167 Å². The van der Waals surface area contributed by atoms with Gasteiger partial charge in [-0.1, -0.05) is 63.2 Å². The fourth-order valence-electron chi connectivity index (χ4n) is 2.49. The van der Waals surface area contributed by atoms with E-state index in [0.717, 1.165) is 11.3 Å². The Kier molecular flexibility index (Phi) is 7.80. The second kappa shape index (κ2) is 10.1. The molecule has 27 heavy (non-hydrogen) atoms. The molecule has 0 spiro atoms. The molecular formula is C22H28N2O2S. The van der Waals surface area contributed by atoms with Gasteiger partial charge in [0.05, 0.1) is 6.61 Å². The summed E-state index contributed by atoms with van der Waals surface area (Å²) in [7, 11) is 0. The van der Waals surface area contributed by atoms with Crippen molar-refractivity contribution in [2.24, 2.45) is 0 Å². The lowest BCUT2D eigenvalue weighted by Gasteiger charge is -2.19. The van der Waals surface area contributed by atoms with E-state index < -0.39 is 0 Å². The first-order valence-corrected chi connectivity index (χ1v) is 9.60. The van der Waals surface area contributed by atoms with Gasteiger partial charge in [-0.05, 0) is 47.3 Å². The van der Waals surface area contributed by atoms with E-state index in [1.807, 2.05) is 42.5 Å². The summed E-state index contributed by atoms with van der Waals surface area (Å²) in [6, 6.07) is 18.0. The Balaban J connectivity index is 1.62. The van der Waals surface area contributed by atoms with Crippen LogP contribution >= 0.6 is 12.2 Å². The molecule has 2 rings (SSSR count). The average molecular weight is 385 g/mol. The first-order valence-electron chi connectivity index (χ1n) is 9.19. The highest BCUT2D eigenvalue weighted by Crippen LogP contribution is 2.24. The van der Waals surface area contributed by atoms with E-state index in [9.17, 15) is 4.79 Å². The van der Waals surface area contributed by atoms with Gasteiger partial charge in [0.15, 0.2) is 5.11 Å². The zero-order valence-electron chi connectivity index (χ0n) is 16.2. The number of benzene rings is 2. The smallest absolute Gasteiger partial charge is 0.226 e. The monoisotopic (exact) mass is 384 g/mol. The molecule has 0 unspecified atom stereocenters. The van der Waals surface area contributed by atoms with Crippen molar-refractivity contribution in [3.05, 3.63) is 65.7 Å². The molecule has 0 radical (unpaired) electrons. The number of ether oxygens (including phenoxy) is 1. The van der Waals surface area contributed by atoms with Gasteiger partial charge in [-0.15, -0.1) is 0 Å². The summed E-state index contributed by atoms with van der Waals surface area (Å²) in [6.45, 7) is 7.63. The van der Waals surface area contributed by atoms with Crippen molar-refractivity contribution >= 4 is 23.2 Å². The topological polar surface area (TPSA) is 50.4 Å². The Hall–Kier alpha value is -2.40. The van der Waals surface area contributed by atoms with Gasteiger partial charge in [0.2, 0.25) is 5.91 Å². The van der Waals surface area contributed by atoms with Crippen LogP contribution in [0.15, 0.2) is 54.6 Å². The number of carbonyl (C=O) groups excluding carboxylic acids is 1. The third kappa shape index (κ3) is 7.79. The molecule has 5 heteroatoms. The third-order valence-corrected chi connectivity index (χ3v) is 4.33. The number of rotatable bonds is 7. The summed E-state index contributed by atoms with van der Waals surface area (Å²) in [6.07, 6.45) is 1.00. The lowest BCUT2D eigenvalue weighted by molar-refractivity contribution is -0.119. The van der Waals surface area contributed by atoms with Crippen molar-refractivity contribution in [2.75, 3.05) is 6.61 Å². The van der Waals surface area contributed by atoms with Gasteiger partial charge in [0.25, 0.3) is 0 Å². The third-order valence-electron chi connectivity index (χ3n) is 4.09. The minimum absolute atomic E-state index is 0.104. The second-order valence-electron chi connectivity index (χ2n) is 7.44. The number of nitrogens with one attached hydrogen (secondary N) is 2. The number of hydrogen-bond acceptors (Lipinski definition) is 3. The molecular weight excluding hydrogens is 356 g/mol. The molecule has 0 fully saturated rings. The molecule has 0 aliphatic heterocycles. The number of amides is 1. The maximum Gasteiger partial charge on any atom is 0.226 e. The summed E-state index contributed by atoms with van der Waals surface area (Å²) in [5.74, 6) is 0.718. The predicted octanol–water partition coefficient (Wildman–Crippen LogP) is 4.33. The van der Waals surface area contributed by atoms with Crippen molar-refractivity contribution in [2.45, 2.75) is 45.6 Å². The minimum Gasteiger partial charge on any atom is -0.494 e. The Morgan fingerprint density at radius 3 is 2.33 bits per heavy atom. The van der Waals surface area contributed by atoms with E-state index in [1.54, 1.807) is 0 Å². The zero-order valence-corrected chi connectivity index (χ0v) is 17.1. The summed E-state index contributed by atoms with van der Waals surface area (Å²) in [4.78, 5) is 11.9. The van der Waals surface area contributed by atoms with Gasteiger partial charge >= 0.3 is 0 Å². The first-order chi connectivity index (χ1) is 12.8. The molecule has 0 heterocycles. The van der Waals surface area contributed by atoms with Crippen molar-refractivity contribution < 1.29 is 9.53 Å². The number of hydrogen-bond donors (Lipinski definition) is 2. The Morgan fingerprint density at radius 2 is 1.70 bits per heavy atom. The fourth-order valence-corrected chi connectivity index (χ4v) is 2.67. The number of thiocarbonyl (C=S) groups is 1. The van der Waals surface area contributed by atoms with Crippen LogP contribution in [0.1, 0.15) is 44.7 Å². The SMILES string of the molecule is CC(C)(C)c1ccc(OCCCC(=O)NC(=S)NCc2ccccc2)cc1. The van der Waals surface area contributed by atoms with Gasteiger partial charge in [-0.2, -0.15) is 0 Å². The molecule has 0 saturated heterocycles. The summed E-state index contributed by atoms with van der Waals surface area (Å²) >= 11 is 5.15. The fraction of sp³-hybridized carbons (Fsp3) is 0.364. The molecule has 0 saturated carbocycles. The molecule has 1 amide bonds. The normalized spacial score (nSPS) is 10.9. The molecule has 0 atom stereocenters. The minimum atomic E-state index is -0.104. The lowest BCUT2D eigenvalue weighted by atomic mass is 9.87. The van der Waals surface area contributed by atoms with Gasteiger partial charge in [-0.3, -0.25) is 4.79 Å². The van der Waals surface area contributed by atoms with Crippen molar-refractivity contribution in [1.82, 2.24) is 10.6 Å². The lowest BCUT2D eigenvalue weighted by Crippen LogP contribution is -2.38. The Morgan fingerprint density at radius 1 is 1.04 bits per heavy atom. The molecule has 4 nitrogen and oxygen atoms in total. The van der Waals surface area contributed by atoms with Crippen LogP contribution in [0, 0.1) is 0 Å². The highest BCUT2D eigenvalue weighted by atomic mass is 32.1. The molecule has 0 aliphatic carbocycles. The van der Waals surface area contributed by atoms with Crippen LogP contribution in [-0.4, -0.2) is 17.6 Å². The zero-order chi connectivity index (χ0) is 19.7. The van der Waals surface area contributed by atoms with Crippen LogP contribution in [-0.2, 0) is 16.8 Å². The van der Waals surface area contributed by atoms with Crippen LogP contribution in [0.25, 0.3) is 0 Å². The van der Waals surface area contributed by atoms with Gasteiger partial charge < -0.3 is 15.4 Å². The number of carbonyl (C=O) groups is 1. The Bertz CT molecular complexity index is 737. The molecule has 2 N–H and O–H groups in total. The standard InChI is InChI=1S/C22H28N2O2S/c1-22(2,3)18-11-13-19(14-12-18)26-15-7-10-20(25)24-21(27)23-16-17-8-5-4-6-9-17/h4-6,8-9,11-14H,7,10,15-16H2,1-3H3,(H2,23,24,25,27). The van der Waals surface area contributed by atoms with E-state index in [0.29, 0.717) is 31.1 Å². The van der Waals surface area contributed by atoms with Crippen LogP contribution in [0.2, 0.25) is 0 Å². The summed E-state index contributed by atoms with van der Waals surface area (Å²) in [5.41, 5.74) is 2.51. The highest BCUT2D eigenvalue weighted by molar-refractivity contribution is 7.80. The second-order valence-corrected chi connectivity index (χ2v) is 7.85. The van der Waals surface area contributed by atoms with Gasteiger partial charge in [0.1, 0.15) is 5.75 Å². The highest BCUT2D eigenvalue weighted by Gasteiger charge is 2.13. The van der Waals surface area contributed by atoms with Crippen molar-refractivity contribution in [3.63, 3.8) is 0 Å². The first kappa shape index (κ1) is 20.9. The summed E-state index contributed by atoms with van der Waals surface area (Å²) in [5, 5.41) is 6.08. The van der Waals surface area contributed by atoms with Gasteiger partial charge in [0, 0.05) is 13.0 Å². The van der Waals surface area contributed by atoms with E-state index >= 15 is 0 Å². The predicted molar refractivity (Wildman–Crippen MR) is 114 cm³/mol.